The molecule has 79 valence electrons. The molecule has 0 heterocycles. The molecule has 0 aromatic carbocycles. The minimum Gasteiger partial charge on any atom is -0.353 e. The standard InChI is InChI=1S/C11H23O2/c1-5-6-7-8-9-12-11(4)13-10(2)3/h10-11H,4-9H2,1-3H3. The van der Waals surface area contributed by atoms with Gasteiger partial charge in [-0.2, -0.15) is 0 Å². The van der Waals surface area contributed by atoms with Crippen LogP contribution in [0.2, 0.25) is 0 Å². The average Bonchev–Trinajstić information content (AvgIpc) is 2.02. The van der Waals surface area contributed by atoms with Crippen LogP contribution in [-0.4, -0.2) is 19.0 Å². The van der Waals surface area contributed by atoms with Crippen molar-refractivity contribution in [2.24, 2.45) is 0 Å². The summed E-state index contributed by atoms with van der Waals surface area (Å²) < 4.78 is 10.7. The highest BCUT2D eigenvalue weighted by atomic mass is 16.7. The maximum absolute atomic E-state index is 5.37. The number of rotatable bonds is 8. The SMILES string of the molecule is [CH2]C(OCCCCCC)OC(C)C. The second-order valence-corrected chi connectivity index (χ2v) is 3.55. The van der Waals surface area contributed by atoms with Crippen LogP contribution in [0, 0.1) is 6.92 Å². The number of ether oxygens (including phenoxy) is 2. The molecule has 0 aliphatic heterocycles. The Balaban J connectivity index is 3.12. The van der Waals surface area contributed by atoms with E-state index in [9.17, 15) is 0 Å². The van der Waals surface area contributed by atoms with E-state index >= 15 is 0 Å². The monoisotopic (exact) mass is 187 g/mol. The maximum atomic E-state index is 5.37. The summed E-state index contributed by atoms with van der Waals surface area (Å²) in [4.78, 5) is 0. The lowest BCUT2D eigenvalue weighted by molar-refractivity contribution is -0.135. The van der Waals surface area contributed by atoms with E-state index in [4.69, 9.17) is 9.47 Å². The fourth-order valence-corrected chi connectivity index (χ4v) is 1.09. The Hall–Kier alpha value is -0.0800. The quantitative estimate of drug-likeness (QED) is 0.429. The third kappa shape index (κ3) is 9.84. The van der Waals surface area contributed by atoms with Gasteiger partial charge in [0.15, 0.2) is 6.29 Å². The molecule has 0 saturated carbocycles. The average molecular weight is 187 g/mol. The van der Waals surface area contributed by atoms with Crippen LogP contribution in [0.15, 0.2) is 0 Å². The van der Waals surface area contributed by atoms with Crippen molar-refractivity contribution in [3.8, 4) is 0 Å². The van der Waals surface area contributed by atoms with Crippen molar-refractivity contribution in [1.82, 2.24) is 0 Å². The molecule has 0 saturated heterocycles. The van der Waals surface area contributed by atoms with Gasteiger partial charge < -0.3 is 9.47 Å². The maximum Gasteiger partial charge on any atom is 0.158 e. The first-order valence-electron chi connectivity index (χ1n) is 5.27. The van der Waals surface area contributed by atoms with Crippen LogP contribution < -0.4 is 0 Å². The van der Waals surface area contributed by atoms with Crippen molar-refractivity contribution < 1.29 is 9.47 Å². The molecule has 0 bridgehead atoms. The van der Waals surface area contributed by atoms with Gasteiger partial charge in [-0.1, -0.05) is 26.2 Å². The molecule has 0 rings (SSSR count). The van der Waals surface area contributed by atoms with Crippen molar-refractivity contribution in [1.29, 1.82) is 0 Å². The minimum atomic E-state index is -0.304. The fraction of sp³-hybridized carbons (Fsp3) is 0.909. The van der Waals surface area contributed by atoms with Crippen LogP contribution >= 0.6 is 0 Å². The van der Waals surface area contributed by atoms with Crippen molar-refractivity contribution in [3.63, 3.8) is 0 Å². The Morgan fingerprint density at radius 2 is 1.85 bits per heavy atom. The Kier molecular flexibility index (Phi) is 8.46. The second kappa shape index (κ2) is 8.52. The molecule has 0 N–H and O–H groups in total. The first-order chi connectivity index (χ1) is 6.16. The number of hydrogen-bond acceptors (Lipinski definition) is 2. The zero-order valence-electron chi connectivity index (χ0n) is 9.21. The third-order valence-corrected chi connectivity index (χ3v) is 1.73. The lowest BCUT2D eigenvalue weighted by Crippen LogP contribution is -2.18. The Morgan fingerprint density at radius 3 is 2.38 bits per heavy atom. The molecule has 13 heavy (non-hydrogen) atoms. The van der Waals surface area contributed by atoms with Crippen molar-refractivity contribution in [2.75, 3.05) is 6.61 Å². The minimum absolute atomic E-state index is 0.193. The molecule has 1 radical (unpaired) electrons. The molecule has 1 atom stereocenters. The summed E-state index contributed by atoms with van der Waals surface area (Å²) in [6.07, 6.45) is 4.79. The lowest BCUT2D eigenvalue weighted by atomic mass is 10.2. The molecule has 0 spiro atoms. The van der Waals surface area contributed by atoms with E-state index < -0.39 is 0 Å². The van der Waals surface area contributed by atoms with E-state index in [-0.39, 0.29) is 12.4 Å². The molecule has 0 aliphatic carbocycles. The Morgan fingerprint density at radius 1 is 1.15 bits per heavy atom. The van der Waals surface area contributed by atoms with Crippen molar-refractivity contribution in [2.45, 2.75) is 58.8 Å². The van der Waals surface area contributed by atoms with Gasteiger partial charge in [-0.15, -0.1) is 0 Å². The van der Waals surface area contributed by atoms with Gasteiger partial charge >= 0.3 is 0 Å². The summed E-state index contributed by atoms with van der Waals surface area (Å²) in [5, 5.41) is 0. The predicted octanol–water partition coefficient (Wildman–Crippen LogP) is 3.17. The molecule has 1 unspecified atom stereocenters. The van der Waals surface area contributed by atoms with Crippen LogP contribution in [0.1, 0.15) is 46.5 Å². The van der Waals surface area contributed by atoms with E-state index in [0.717, 1.165) is 13.0 Å². The van der Waals surface area contributed by atoms with Gasteiger partial charge in [0.1, 0.15) is 0 Å². The first-order valence-corrected chi connectivity index (χ1v) is 5.27. The topological polar surface area (TPSA) is 18.5 Å². The zero-order chi connectivity index (χ0) is 10.1. The van der Waals surface area contributed by atoms with Crippen LogP contribution in [0.5, 0.6) is 0 Å². The highest BCUT2D eigenvalue weighted by Gasteiger charge is 2.03. The summed E-state index contributed by atoms with van der Waals surface area (Å²) in [5.41, 5.74) is 0. The Labute approximate surface area is 82.6 Å². The molecule has 0 amide bonds. The van der Waals surface area contributed by atoms with Crippen molar-refractivity contribution in [3.05, 3.63) is 6.92 Å². The third-order valence-electron chi connectivity index (χ3n) is 1.73. The summed E-state index contributed by atoms with van der Waals surface area (Å²) >= 11 is 0. The van der Waals surface area contributed by atoms with Crippen LogP contribution in [0.25, 0.3) is 0 Å². The smallest absolute Gasteiger partial charge is 0.158 e. The summed E-state index contributed by atoms with van der Waals surface area (Å²) in [6, 6.07) is 0. The molecule has 0 fully saturated rings. The molecular weight excluding hydrogens is 164 g/mol. The molecule has 2 nitrogen and oxygen atoms in total. The van der Waals surface area contributed by atoms with Gasteiger partial charge in [0.2, 0.25) is 0 Å². The fourth-order valence-electron chi connectivity index (χ4n) is 1.09. The first kappa shape index (κ1) is 12.9. The summed E-state index contributed by atoms with van der Waals surface area (Å²) in [7, 11) is 0. The molecule has 0 aliphatic rings. The summed E-state index contributed by atoms with van der Waals surface area (Å²) in [6.45, 7) is 10.7. The zero-order valence-corrected chi connectivity index (χ0v) is 9.21. The van der Waals surface area contributed by atoms with E-state index in [1.54, 1.807) is 0 Å². The van der Waals surface area contributed by atoms with Crippen molar-refractivity contribution >= 4 is 0 Å². The second-order valence-electron chi connectivity index (χ2n) is 3.55. The number of hydrogen-bond donors (Lipinski definition) is 0. The van der Waals surface area contributed by atoms with Crippen LogP contribution in [-0.2, 0) is 9.47 Å². The van der Waals surface area contributed by atoms with Gasteiger partial charge in [0.25, 0.3) is 0 Å². The predicted molar refractivity (Wildman–Crippen MR) is 55.5 cm³/mol. The van der Waals surface area contributed by atoms with Gasteiger partial charge in [-0.3, -0.25) is 0 Å². The number of unbranched alkanes of at least 4 members (excludes halogenated alkanes) is 3. The van der Waals surface area contributed by atoms with Gasteiger partial charge in [-0.05, 0) is 20.3 Å². The largest absolute Gasteiger partial charge is 0.353 e. The van der Waals surface area contributed by atoms with Gasteiger partial charge in [0.05, 0.1) is 6.10 Å². The van der Waals surface area contributed by atoms with E-state index in [1.807, 2.05) is 13.8 Å². The van der Waals surface area contributed by atoms with E-state index in [1.165, 1.54) is 19.3 Å². The van der Waals surface area contributed by atoms with E-state index in [2.05, 4.69) is 13.8 Å². The van der Waals surface area contributed by atoms with Crippen LogP contribution in [0.3, 0.4) is 0 Å². The summed E-state index contributed by atoms with van der Waals surface area (Å²) in [5.74, 6) is 0. The molecular formula is C11H23O2. The lowest BCUT2D eigenvalue weighted by Gasteiger charge is -2.16. The Bertz CT molecular complexity index is 102. The van der Waals surface area contributed by atoms with Gasteiger partial charge in [0, 0.05) is 13.5 Å². The molecule has 0 aromatic rings. The van der Waals surface area contributed by atoms with Gasteiger partial charge in [-0.25, -0.2) is 0 Å². The highest BCUT2D eigenvalue weighted by molar-refractivity contribution is 4.49. The van der Waals surface area contributed by atoms with Crippen LogP contribution in [0.4, 0.5) is 0 Å². The molecule has 0 aromatic heterocycles. The normalized spacial score (nSPS) is 13.6. The molecule has 2 heteroatoms. The highest BCUT2D eigenvalue weighted by Crippen LogP contribution is 2.03. The van der Waals surface area contributed by atoms with E-state index in [0.29, 0.717) is 0 Å².